The van der Waals surface area contributed by atoms with Gasteiger partial charge in [0.05, 0.1) is 26.2 Å². The van der Waals surface area contributed by atoms with Crippen LogP contribution >= 0.6 is 11.6 Å². The Bertz CT molecular complexity index is 120. The molecule has 0 fully saturated rings. The molecule has 0 aromatic heterocycles. The summed E-state index contributed by atoms with van der Waals surface area (Å²) in [5, 5.41) is 0. The third-order valence-electron chi connectivity index (χ3n) is 2.76. The van der Waals surface area contributed by atoms with Gasteiger partial charge in [0.2, 0.25) is 0 Å². The highest BCUT2D eigenvalue weighted by Gasteiger charge is 2.17. The Balaban J connectivity index is 4.01. The van der Waals surface area contributed by atoms with Crippen molar-refractivity contribution in [1.29, 1.82) is 0 Å². The van der Waals surface area contributed by atoms with E-state index >= 15 is 0 Å². The predicted octanol–water partition coefficient (Wildman–Crippen LogP) is 2.66. The summed E-state index contributed by atoms with van der Waals surface area (Å²) in [5.74, 6) is 0.636. The molecule has 0 amide bonds. The molecular weight excluding hydrogens is 170 g/mol. The zero-order valence-corrected chi connectivity index (χ0v) is 9.27. The highest BCUT2D eigenvalue weighted by Crippen LogP contribution is 2.05. The van der Waals surface area contributed by atoms with Crippen LogP contribution in [-0.4, -0.2) is 36.5 Å². The van der Waals surface area contributed by atoms with Crippen molar-refractivity contribution in [3.8, 4) is 0 Å². The number of allylic oxidation sites excluding steroid dienone is 1. The molecule has 0 bridgehead atoms. The third-order valence-corrected chi connectivity index (χ3v) is 2.94. The predicted molar refractivity (Wildman–Crippen MR) is 56.6 cm³/mol. The Morgan fingerprint density at radius 1 is 1.00 bits per heavy atom. The van der Waals surface area contributed by atoms with Crippen LogP contribution in [0.25, 0.3) is 0 Å². The lowest BCUT2D eigenvalue weighted by atomic mass is 10.3. The van der Waals surface area contributed by atoms with Crippen molar-refractivity contribution >= 4 is 11.6 Å². The van der Waals surface area contributed by atoms with Crippen molar-refractivity contribution < 1.29 is 4.48 Å². The summed E-state index contributed by atoms with van der Waals surface area (Å²) in [6, 6.07) is 0. The van der Waals surface area contributed by atoms with Gasteiger partial charge in [-0.15, -0.1) is 11.6 Å². The molecule has 0 rings (SSSR count). The molecule has 0 unspecified atom stereocenters. The molecule has 0 saturated carbocycles. The van der Waals surface area contributed by atoms with Gasteiger partial charge >= 0.3 is 0 Å². The molecule has 0 spiro atoms. The molecule has 0 aromatic rings. The van der Waals surface area contributed by atoms with Gasteiger partial charge in [0, 0.05) is 5.88 Å². The number of nitrogens with zero attached hydrogens (tertiary/aromatic N) is 1. The molecule has 0 N–H and O–H groups in total. The first-order chi connectivity index (χ1) is 5.74. The molecule has 0 aromatic carbocycles. The summed E-state index contributed by atoms with van der Waals surface area (Å²) < 4.78 is 1.17. The van der Waals surface area contributed by atoms with E-state index in [1.165, 1.54) is 24.1 Å². The van der Waals surface area contributed by atoms with Crippen molar-refractivity contribution in [1.82, 2.24) is 0 Å². The highest BCUT2D eigenvalue weighted by atomic mass is 35.5. The monoisotopic (exact) mass is 190 g/mol. The summed E-state index contributed by atoms with van der Waals surface area (Å²) in [4.78, 5) is 0. The van der Waals surface area contributed by atoms with E-state index in [0.717, 1.165) is 6.54 Å². The van der Waals surface area contributed by atoms with Gasteiger partial charge in [-0.25, -0.2) is 0 Å². The van der Waals surface area contributed by atoms with Gasteiger partial charge in [-0.3, -0.25) is 0 Å². The Hall–Kier alpha value is -0.0100. The molecule has 1 nitrogen and oxygen atoms in total. The zero-order chi connectivity index (χ0) is 9.45. The topological polar surface area (TPSA) is 0 Å². The molecule has 0 heterocycles. The lowest BCUT2D eigenvalue weighted by molar-refractivity contribution is -0.917. The van der Waals surface area contributed by atoms with Crippen LogP contribution in [0.1, 0.15) is 20.8 Å². The van der Waals surface area contributed by atoms with Crippen LogP contribution < -0.4 is 0 Å². The van der Waals surface area contributed by atoms with Crippen LogP contribution in [0.4, 0.5) is 0 Å². The second-order valence-corrected chi connectivity index (χ2v) is 3.41. The van der Waals surface area contributed by atoms with Crippen molar-refractivity contribution in [3.63, 3.8) is 0 Å². The zero-order valence-electron chi connectivity index (χ0n) is 8.52. The molecule has 72 valence electrons. The van der Waals surface area contributed by atoms with Crippen LogP contribution in [0.2, 0.25) is 0 Å². The molecule has 12 heavy (non-hydrogen) atoms. The van der Waals surface area contributed by atoms with E-state index in [2.05, 4.69) is 26.8 Å². The van der Waals surface area contributed by atoms with E-state index in [-0.39, 0.29) is 0 Å². The van der Waals surface area contributed by atoms with Crippen molar-refractivity contribution in [2.24, 2.45) is 0 Å². The smallest absolute Gasteiger partial charge is 0.0973 e. The number of halogens is 1. The first-order valence-corrected chi connectivity index (χ1v) is 5.34. The number of hydrogen-bond donors (Lipinski definition) is 0. The fourth-order valence-corrected chi connectivity index (χ4v) is 1.55. The molecule has 0 atom stereocenters. The van der Waals surface area contributed by atoms with Crippen molar-refractivity contribution in [3.05, 3.63) is 12.2 Å². The quantitative estimate of drug-likeness (QED) is 0.343. The van der Waals surface area contributed by atoms with Crippen molar-refractivity contribution in [2.75, 3.05) is 32.1 Å². The lowest BCUT2D eigenvalue weighted by Gasteiger charge is -2.34. The molecule has 0 radical (unpaired) electrons. The number of quaternary nitrogens is 1. The lowest BCUT2D eigenvalue weighted by Crippen LogP contribution is -2.47. The van der Waals surface area contributed by atoms with Gasteiger partial charge in [-0.05, 0) is 26.8 Å². The summed E-state index contributed by atoms with van der Waals surface area (Å²) in [6.07, 6.45) is 4.24. The summed E-state index contributed by atoms with van der Waals surface area (Å²) in [7, 11) is 0. The molecule has 0 aliphatic rings. The first-order valence-electron chi connectivity index (χ1n) is 4.80. The maximum absolute atomic E-state index is 5.57. The Labute approximate surface area is 81.6 Å². The van der Waals surface area contributed by atoms with Gasteiger partial charge in [0.25, 0.3) is 0 Å². The van der Waals surface area contributed by atoms with Crippen LogP contribution in [-0.2, 0) is 0 Å². The second kappa shape index (κ2) is 6.50. The van der Waals surface area contributed by atoms with E-state index in [9.17, 15) is 0 Å². The van der Waals surface area contributed by atoms with E-state index in [4.69, 9.17) is 11.6 Å². The minimum Gasteiger partial charge on any atom is -0.321 e. The third kappa shape index (κ3) is 3.59. The Morgan fingerprint density at radius 2 is 1.50 bits per heavy atom. The van der Waals surface area contributed by atoms with E-state index in [1.54, 1.807) is 0 Å². The largest absolute Gasteiger partial charge is 0.321 e. The standard InChI is InChI=1S/C10H21ClN/c1-4-12(5-2,6-3)10-8-7-9-11/h7-8H,4-6,9-10H2,1-3H3/q+1. The summed E-state index contributed by atoms with van der Waals surface area (Å²) in [6.45, 7) is 11.5. The highest BCUT2D eigenvalue weighted by molar-refractivity contribution is 6.18. The maximum atomic E-state index is 5.57. The second-order valence-electron chi connectivity index (χ2n) is 3.10. The average molecular weight is 191 g/mol. The first kappa shape index (κ1) is 12.0. The van der Waals surface area contributed by atoms with E-state index in [0.29, 0.717) is 5.88 Å². The molecule has 0 aliphatic heterocycles. The number of likely N-dealkylation sites (N-methyl/N-ethyl adjacent to an activating group) is 1. The van der Waals surface area contributed by atoms with E-state index < -0.39 is 0 Å². The van der Waals surface area contributed by atoms with Gasteiger partial charge in [-0.1, -0.05) is 6.08 Å². The summed E-state index contributed by atoms with van der Waals surface area (Å²) in [5.41, 5.74) is 0. The SMILES string of the molecule is CC[N+](CC)(CC)CC=CCCl. The fourth-order valence-electron chi connectivity index (χ4n) is 1.42. The normalized spacial score (nSPS) is 12.7. The van der Waals surface area contributed by atoms with Crippen molar-refractivity contribution in [2.45, 2.75) is 20.8 Å². The van der Waals surface area contributed by atoms with Gasteiger partial charge in [0.1, 0.15) is 0 Å². The molecule has 0 aliphatic carbocycles. The molecular formula is C10H21ClN+. The van der Waals surface area contributed by atoms with E-state index in [1.807, 2.05) is 6.08 Å². The Morgan fingerprint density at radius 3 is 1.83 bits per heavy atom. The van der Waals surface area contributed by atoms with Crippen LogP contribution in [0.3, 0.4) is 0 Å². The Kier molecular flexibility index (Phi) is 6.49. The number of hydrogen-bond acceptors (Lipinski definition) is 0. The molecule has 2 heteroatoms. The van der Waals surface area contributed by atoms with Gasteiger partial charge in [-0.2, -0.15) is 0 Å². The minimum absolute atomic E-state index is 0.636. The van der Waals surface area contributed by atoms with Crippen LogP contribution in [0, 0.1) is 0 Å². The van der Waals surface area contributed by atoms with Gasteiger partial charge in [0.15, 0.2) is 0 Å². The van der Waals surface area contributed by atoms with Crippen LogP contribution in [0.5, 0.6) is 0 Å². The fraction of sp³-hybridized carbons (Fsp3) is 0.800. The minimum atomic E-state index is 0.636. The van der Waals surface area contributed by atoms with Gasteiger partial charge < -0.3 is 4.48 Å². The maximum Gasteiger partial charge on any atom is 0.0973 e. The average Bonchev–Trinajstić information content (AvgIpc) is 2.14. The number of alkyl halides is 1. The summed E-state index contributed by atoms with van der Waals surface area (Å²) >= 11 is 5.57. The van der Waals surface area contributed by atoms with Crippen LogP contribution in [0.15, 0.2) is 12.2 Å². The molecule has 0 saturated heterocycles. The number of rotatable bonds is 6.